The quantitative estimate of drug-likeness (QED) is 0.774. The summed E-state index contributed by atoms with van der Waals surface area (Å²) in [5.74, 6) is 0.508. The van der Waals surface area contributed by atoms with Gasteiger partial charge in [-0.3, -0.25) is 4.79 Å². The van der Waals surface area contributed by atoms with Crippen LogP contribution in [-0.4, -0.2) is 38.8 Å². The standard InChI is InChI=1S/C22H29N3O2/c1-17(2)18-7-9-19(10-8-18)24-22(26)11-12-23-20-5-3-4-6-21(20)25-13-15-27-16-14-25/h3-10,17,23H,11-16H2,1-2H3,(H,24,26). The van der Waals surface area contributed by atoms with E-state index in [1.807, 2.05) is 24.3 Å². The highest BCUT2D eigenvalue weighted by Gasteiger charge is 2.14. The monoisotopic (exact) mass is 367 g/mol. The van der Waals surface area contributed by atoms with Crippen molar-refractivity contribution in [2.75, 3.05) is 48.4 Å². The predicted molar refractivity (Wildman–Crippen MR) is 112 cm³/mol. The SMILES string of the molecule is CC(C)c1ccc(NC(=O)CCNc2ccccc2N2CCOCC2)cc1. The van der Waals surface area contributed by atoms with Crippen LogP contribution < -0.4 is 15.5 Å². The van der Waals surface area contributed by atoms with Crippen molar-refractivity contribution >= 4 is 23.0 Å². The molecule has 0 bridgehead atoms. The van der Waals surface area contributed by atoms with E-state index in [1.54, 1.807) is 0 Å². The van der Waals surface area contributed by atoms with Gasteiger partial charge in [-0.1, -0.05) is 38.1 Å². The summed E-state index contributed by atoms with van der Waals surface area (Å²) in [5.41, 5.74) is 4.35. The fourth-order valence-corrected chi connectivity index (χ4v) is 3.19. The molecule has 2 aromatic carbocycles. The van der Waals surface area contributed by atoms with Crippen molar-refractivity contribution in [1.82, 2.24) is 0 Å². The minimum absolute atomic E-state index is 0.0173. The van der Waals surface area contributed by atoms with Crippen molar-refractivity contribution < 1.29 is 9.53 Å². The number of para-hydroxylation sites is 2. The topological polar surface area (TPSA) is 53.6 Å². The van der Waals surface area contributed by atoms with Gasteiger partial charge in [0.05, 0.1) is 24.6 Å². The summed E-state index contributed by atoms with van der Waals surface area (Å²) >= 11 is 0. The van der Waals surface area contributed by atoms with Crippen LogP contribution >= 0.6 is 0 Å². The average Bonchev–Trinajstić information content (AvgIpc) is 2.69. The zero-order valence-electron chi connectivity index (χ0n) is 16.2. The summed E-state index contributed by atoms with van der Waals surface area (Å²) in [6.07, 6.45) is 0.420. The first-order valence-corrected chi connectivity index (χ1v) is 9.69. The molecule has 0 radical (unpaired) electrons. The molecule has 3 rings (SSSR count). The van der Waals surface area contributed by atoms with E-state index in [4.69, 9.17) is 4.74 Å². The number of carbonyl (C=O) groups excluding carboxylic acids is 1. The number of rotatable bonds is 7. The van der Waals surface area contributed by atoms with Crippen molar-refractivity contribution in [3.8, 4) is 0 Å². The Morgan fingerprint density at radius 2 is 1.78 bits per heavy atom. The number of carbonyl (C=O) groups is 1. The summed E-state index contributed by atoms with van der Waals surface area (Å²) in [6.45, 7) is 8.22. The Morgan fingerprint density at radius 3 is 2.48 bits per heavy atom. The zero-order chi connectivity index (χ0) is 19.1. The first-order valence-electron chi connectivity index (χ1n) is 9.69. The van der Waals surface area contributed by atoms with Gasteiger partial charge >= 0.3 is 0 Å². The molecule has 1 amide bonds. The lowest BCUT2D eigenvalue weighted by Gasteiger charge is -2.30. The van der Waals surface area contributed by atoms with E-state index in [1.165, 1.54) is 11.3 Å². The first-order chi connectivity index (χ1) is 13.1. The minimum atomic E-state index is 0.0173. The number of benzene rings is 2. The number of anilines is 3. The fourth-order valence-electron chi connectivity index (χ4n) is 3.19. The van der Waals surface area contributed by atoms with Crippen LogP contribution in [0.2, 0.25) is 0 Å². The third kappa shape index (κ3) is 5.47. The van der Waals surface area contributed by atoms with Crippen molar-refractivity contribution in [2.45, 2.75) is 26.2 Å². The molecule has 1 fully saturated rings. The van der Waals surface area contributed by atoms with Crippen LogP contribution in [0, 0.1) is 0 Å². The lowest BCUT2D eigenvalue weighted by atomic mass is 10.0. The molecule has 0 spiro atoms. The molecule has 1 aliphatic heterocycles. The molecule has 0 saturated carbocycles. The number of hydrogen-bond donors (Lipinski definition) is 2. The lowest BCUT2D eigenvalue weighted by molar-refractivity contribution is -0.115. The highest BCUT2D eigenvalue weighted by atomic mass is 16.5. The molecule has 2 aromatic rings. The van der Waals surface area contributed by atoms with Crippen LogP contribution in [0.1, 0.15) is 31.7 Å². The Morgan fingerprint density at radius 1 is 1.07 bits per heavy atom. The highest BCUT2D eigenvalue weighted by Crippen LogP contribution is 2.26. The molecule has 1 aliphatic rings. The summed E-state index contributed by atoms with van der Waals surface area (Å²) in [4.78, 5) is 14.6. The van der Waals surface area contributed by atoms with Crippen molar-refractivity contribution in [3.05, 3.63) is 54.1 Å². The Balaban J connectivity index is 1.50. The third-order valence-electron chi connectivity index (χ3n) is 4.78. The van der Waals surface area contributed by atoms with Crippen LogP contribution in [0.4, 0.5) is 17.1 Å². The Labute approximate surface area is 161 Å². The van der Waals surface area contributed by atoms with Gasteiger partial charge in [0.1, 0.15) is 0 Å². The molecule has 5 nitrogen and oxygen atoms in total. The maximum absolute atomic E-state index is 12.2. The second-order valence-corrected chi connectivity index (χ2v) is 7.12. The molecule has 144 valence electrons. The van der Waals surface area contributed by atoms with Gasteiger partial charge in [-0.15, -0.1) is 0 Å². The maximum atomic E-state index is 12.2. The van der Waals surface area contributed by atoms with Gasteiger partial charge in [0.25, 0.3) is 0 Å². The molecule has 1 saturated heterocycles. The normalized spacial score (nSPS) is 14.3. The highest BCUT2D eigenvalue weighted by molar-refractivity contribution is 5.91. The van der Waals surface area contributed by atoms with Crippen LogP contribution in [-0.2, 0) is 9.53 Å². The molecule has 0 unspecified atom stereocenters. The van der Waals surface area contributed by atoms with E-state index < -0.39 is 0 Å². The van der Waals surface area contributed by atoms with Gasteiger partial charge in [-0.05, 0) is 35.7 Å². The number of ether oxygens (including phenoxy) is 1. The number of amides is 1. The third-order valence-corrected chi connectivity index (χ3v) is 4.78. The fraction of sp³-hybridized carbons (Fsp3) is 0.409. The van der Waals surface area contributed by atoms with Crippen LogP contribution in [0.5, 0.6) is 0 Å². The molecule has 1 heterocycles. The summed E-state index contributed by atoms with van der Waals surface area (Å²) in [5, 5.41) is 6.37. The molecule has 0 aliphatic carbocycles. The molecule has 0 aromatic heterocycles. The smallest absolute Gasteiger partial charge is 0.226 e. The maximum Gasteiger partial charge on any atom is 0.226 e. The largest absolute Gasteiger partial charge is 0.383 e. The van der Waals surface area contributed by atoms with Crippen molar-refractivity contribution in [1.29, 1.82) is 0 Å². The van der Waals surface area contributed by atoms with Gasteiger partial charge in [-0.2, -0.15) is 0 Å². The predicted octanol–water partition coefficient (Wildman–Crippen LogP) is 4.09. The Kier molecular flexibility index (Phi) is 6.71. The molecular weight excluding hydrogens is 338 g/mol. The van der Waals surface area contributed by atoms with E-state index in [2.05, 4.69) is 53.6 Å². The Bertz CT molecular complexity index is 737. The molecule has 0 atom stereocenters. The number of nitrogens with zero attached hydrogens (tertiary/aromatic N) is 1. The second-order valence-electron chi connectivity index (χ2n) is 7.12. The lowest BCUT2D eigenvalue weighted by Crippen LogP contribution is -2.36. The first kappa shape index (κ1) is 19.2. The van der Waals surface area contributed by atoms with Crippen LogP contribution in [0.25, 0.3) is 0 Å². The van der Waals surface area contributed by atoms with E-state index in [-0.39, 0.29) is 5.91 Å². The van der Waals surface area contributed by atoms with Gasteiger partial charge in [-0.25, -0.2) is 0 Å². The number of morpholine rings is 1. The second kappa shape index (κ2) is 9.42. The average molecular weight is 367 g/mol. The van der Waals surface area contributed by atoms with Crippen LogP contribution in [0.15, 0.2) is 48.5 Å². The zero-order valence-corrected chi connectivity index (χ0v) is 16.2. The van der Waals surface area contributed by atoms with Gasteiger partial charge in [0, 0.05) is 31.7 Å². The van der Waals surface area contributed by atoms with E-state index in [9.17, 15) is 4.79 Å². The van der Waals surface area contributed by atoms with Crippen LogP contribution in [0.3, 0.4) is 0 Å². The molecule has 2 N–H and O–H groups in total. The van der Waals surface area contributed by atoms with Gasteiger partial charge < -0.3 is 20.3 Å². The number of hydrogen-bond acceptors (Lipinski definition) is 4. The van der Waals surface area contributed by atoms with Gasteiger partial charge in [0.15, 0.2) is 0 Å². The Hall–Kier alpha value is -2.53. The van der Waals surface area contributed by atoms with E-state index >= 15 is 0 Å². The summed E-state index contributed by atoms with van der Waals surface area (Å²) in [6, 6.07) is 16.3. The van der Waals surface area contributed by atoms with Gasteiger partial charge in [0.2, 0.25) is 5.91 Å². The molecule has 5 heteroatoms. The number of nitrogens with one attached hydrogen (secondary N) is 2. The van der Waals surface area contributed by atoms with Crippen molar-refractivity contribution in [2.24, 2.45) is 0 Å². The van der Waals surface area contributed by atoms with E-state index in [0.29, 0.717) is 18.9 Å². The minimum Gasteiger partial charge on any atom is -0.383 e. The van der Waals surface area contributed by atoms with E-state index in [0.717, 1.165) is 37.7 Å². The molecular formula is C22H29N3O2. The summed E-state index contributed by atoms with van der Waals surface area (Å²) in [7, 11) is 0. The van der Waals surface area contributed by atoms with Crippen molar-refractivity contribution in [3.63, 3.8) is 0 Å². The summed E-state index contributed by atoms with van der Waals surface area (Å²) < 4.78 is 5.44. The molecule has 27 heavy (non-hydrogen) atoms.